The fourth-order valence-corrected chi connectivity index (χ4v) is 2.58. The number of nitrogens with one attached hydrogen (secondary N) is 2. The van der Waals surface area contributed by atoms with E-state index in [9.17, 15) is 4.79 Å². The van der Waals surface area contributed by atoms with Crippen molar-refractivity contribution in [2.45, 2.75) is 26.2 Å². The molecular formula is C20H27N3O4. The minimum Gasteiger partial charge on any atom is -0.493 e. The summed E-state index contributed by atoms with van der Waals surface area (Å²) in [6.07, 6.45) is 4.76. The highest BCUT2D eigenvalue weighted by atomic mass is 16.5. The maximum Gasteiger partial charge on any atom is 0.252 e. The van der Waals surface area contributed by atoms with Crippen molar-refractivity contribution < 1.29 is 19.0 Å². The first-order valence-corrected chi connectivity index (χ1v) is 8.94. The van der Waals surface area contributed by atoms with Crippen molar-refractivity contribution in [1.29, 1.82) is 0 Å². The van der Waals surface area contributed by atoms with E-state index in [-0.39, 0.29) is 5.91 Å². The summed E-state index contributed by atoms with van der Waals surface area (Å²) in [6, 6.07) is 7.07. The van der Waals surface area contributed by atoms with Gasteiger partial charge in [-0.05, 0) is 18.6 Å². The highest BCUT2D eigenvalue weighted by molar-refractivity contribution is 5.94. The Balaban J connectivity index is 2.07. The zero-order chi connectivity index (χ0) is 19.6. The van der Waals surface area contributed by atoms with Crippen LogP contribution in [0.2, 0.25) is 0 Å². The number of hydrogen-bond donors (Lipinski definition) is 2. The van der Waals surface area contributed by atoms with E-state index < -0.39 is 0 Å². The molecule has 1 heterocycles. The molecule has 0 saturated carbocycles. The molecule has 1 aromatic heterocycles. The van der Waals surface area contributed by atoms with E-state index >= 15 is 0 Å². The van der Waals surface area contributed by atoms with Crippen molar-refractivity contribution in [3.63, 3.8) is 0 Å². The molecule has 1 aromatic carbocycles. The van der Waals surface area contributed by atoms with E-state index in [1.54, 1.807) is 51.8 Å². The maximum absolute atomic E-state index is 12.1. The molecule has 0 spiro atoms. The Labute approximate surface area is 160 Å². The molecule has 7 heteroatoms. The molecule has 1 amide bonds. The van der Waals surface area contributed by atoms with Gasteiger partial charge in [0.15, 0.2) is 11.5 Å². The lowest BCUT2D eigenvalue weighted by Crippen LogP contribution is -2.24. The number of amides is 1. The second-order valence-electron chi connectivity index (χ2n) is 5.93. The summed E-state index contributed by atoms with van der Waals surface area (Å²) in [4.78, 5) is 16.4. The summed E-state index contributed by atoms with van der Waals surface area (Å²) in [5.41, 5.74) is 1.26. The molecule has 0 saturated heterocycles. The Morgan fingerprint density at radius 1 is 1.04 bits per heavy atom. The number of carbonyl (C=O) groups is 1. The van der Waals surface area contributed by atoms with Gasteiger partial charge in [0.2, 0.25) is 5.75 Å². The van der Waals surface area contributed by atoms with Gasteiger partial charge in [-0.25, -0.2) is 4.98 Å². The zero-order valence-electron chi connectivity index (χ0n) is 16.3. The van der Waals surface area contributed by atoms with Crippen LogP contribution in [0.15, 0.2) is 30.5 Å². The van der Waals surface area contributed by atoms with Gasteiger partial charge in [-0.2, -0.15) is 0 Å². The normalized spacial score (nSPS) is 10.2. The van der Waals surface area contributed by atoms with Crippen molar-refractivity contribution in [3.8, 4) is 17.2 Å². The van der Waals surface area contributed by atoms with Crippen LogP contribution in [0, 0.1) is 0 Å². The predicted molar refractivity (Wildman–Crippen MR) is 105 cm³/mol. The number of benzene rings is 1. The summed E-state index contributed by atoms with van der Waals surface area (Å²) >= 11 is 0. The summed E-state index contributed by atoms with van der Waals surface area (Å²) in [7, 11) is 4.68. The van der Waals surface area contributed by atoms with Crippen molar-refractivity contribution in [3.05, 3.63) is 36.0 Å². The molecule has 0 aliphatic carbocycles. The highest BCUT2D eigenvalue weighted by Gasteiger charge is 2.13. The van der Waals surface area contributed by atoms with Crippen LogP contribution in [0.1, 0.15) is 36.5 Å². The SMILES string of the molecule is CCCCCNC(=O)c1ccc(Nc2cc(OC)c(OC)c(OC)c2)nc1. The third kappa shape index (κ3) is 5.51. The lowest BCUT2D eigenvalue weighted by Gasteiger charge is -2.15. The molecule has 0 aliphatic heterocycles. The summed E-state index contributed by atoms with van der Waals surface area (Å²) in [5, 5.41) is 6.07. The number of hydrogen-bond acceptors (Lipinski definition) is 6. The molecule has 0 bridgehead atoms. The molecule has 0 atom stereocenters. The zero-order valence-corrected chi connectivity index (χ0v) is 16.3. The molecule has 2 N–H and O–H groups in total. The van der Waals surface area contributed by atoms with E-state index in [1.165, 1.54) is 0 Å². The number of anilines is 2. The third-order valence-corrected chi connectivity index (χ3v) is 4.03. The van der Waals surface area contributed by atoms with Crippen LogP contribution in [0.4, 0.5) is 11.5 Å². The van der Waals surface area contributed by atoms with E-state index in [0.29, 0.717) is 35.2 Å². The smallest absolute Gasteiger partial charge is 0.252 e. The quantitative estimate of drug-likeness (QED) is 0.617. The van der Waals surface area contributed by atoms with Crippen LogP contribution >= 0.6 is 0 Å². The number of methoxy groups -OCH3 is 3. The van der Waals surface area contributed by atoms with E-state index in [1.807, 2.05) is 0 Å². The van der Waals surface area contributed by atoms with Gasteiger partial charge in [-0.15, -0.1) is 0 Å². The van der Waals surface area contributed by atoms with Gasteiger partial charge in [0.1, 0.15) is 5.82 Å². The first-order valence-electron chi connectivity index (χ1n) is 8.94. The van der Waals surface area contributed by atoms with Gasteiger partial charge in [-0.1, -0.05) is 19.8 Å². The monoisotopic (exact) mass is 373 g/mol. The lowest BCUT2D eigenvalue weighted by atomic mass is 10.2. The van der Waals surface area contributed by atoms with Gasteiger partial charge in [-0.3, -0.25) is 4.79 Å². The number of nitrogens with zero attached hydrogens (tertiary/aromatic N) is 1. The van der Waals surface area contributed by atoms with Crippen LogP contribution in [-0.4, -0.2) is 38.8 Å². The number of rotatable bonds is 10. The Morgan fingerprint density at radius 3 is 2.26 bits per heavy atom. The Bertz CT molecular complexity index is 722. The second kappa shape index (κ2) is 10.3. The van der Waals surface area contributed by atoms with Crippen LogP contribution in [0.25, 0.3) is 0 Å². The van der Waals surface area contributed by atoms with Crippen molar-refractivity contribution in [1.82, 2.24) is 10.3 Å². The van der Waals surface area contributed by atoms with Gasteiger partial charge in [0.25, 0.3) is 5.91 Å². The molecule has 27 heavy (non-hydrogen) atoms. The van der Waals surface area contributed by atoms with Gasteiger partial charge in [0, 0.05) is 30.6 Å². The van der Waals surface area contributed by atoms with E-state index in [4.69, 9.17) is 14.2 Å². The Hall–Kier alpha value is -2.96. The predicted octanol–water partition coefficient (Wildman–Crippen LogP) is 3.77. The largest absolute Gasteiger partial charge is 0.493 e. The van der Waals surface area contributed by atoms with Crippen LogP contribution < -0.4 is 24.8 Å². The van der Waals surface area contributed by atoms with Crippen molar-refractivity contribution in [2.24, 2.45) is 0 Å². The minimum atomic E-state index is -0.113. The van der Waals surface area contributed by atoms with Gasteiger partial charge in [0.05, 0.1) is 26.9 Å². The molecule has 0 fully saturated rings. The number of unbranched alkanes of at least 4 members (excludes halogenated alkanes) is 2. The molecule has 2 rings (SSSR count). The maximum atomic E-state index is 12.1. The molecule has 0 aliphatic rings. The first-order chi connectivity index (χ1) is 13.1. The Morgan fingerprint density at radius 2 is 1.74 bits per heavy atom. The number of ether oxygens (including phenoxy) is 3. The van der Waals surface area contributed by atoms with E-state index in [0.717, 1.165) is 24.9 Å². The van der Waals surface area contributed by atoms with Crippen molar-refractivity contribution in [2.75, 3.05) is 33.2 Å². The number of aromatic nitrogens is 1. The molecular weight excluding hydrogens is 346 g/mol. The molecule has 7 nitrogen and oxygen atoms in total. The minimum absolute atomic E-state index is 0.113. The average Bonchev–Trinajstić information content (AvgIpc) is 2.70. The van der Waals surface area contributed by atoms with Crippen LogP contribution in [0.3, 0.4) is 0 Å². The fraction of sp³-hybridized carbons (Fsp3) is 0.400. The van der Waals surface area contributed by atoms with E-state index in [2.05, 4.69) is 22.5 Å². The van der Waals surface area contributed by atoms with Gasteiger partial charge < -0.3 is 24.8 Å². The first kappa shape index (κ1) is 20.4. The molecule has 0 unspecified atom stereocenters. The highest BCUT2D eigenvalue weighted by Crippen LogP contribution is 2.40. The van der Waals surface area contributed by atoms with Crippen LogP contribution in [-0.2, 0) is 0 Å². The molecule has 0 radical (unpaired) electrons. The summed E-state index contributed by atoms with van der Waals surface area (Å²) < 4.78 is 16.0. The molecule has 146 valence electrons. The Kier molecular flexibility index (Phi) is 7.73. The number of carbonyl (C=O) groups excluding carboxylic acids is 1. The van der Waals surface area contributed by atoms with Crippen molar-refractivity contribution >= 4 is 17.4 Å². The molecule has 2 aromatic rings. The second-order valence-corrected chi connectivity index (χ2v) is 5.93. The van der Waals surface area contributed by atoms with Gasteiger partial charge >= 0.3 is 0 Å². The summed E-state index contributed by atoms with van der Waals surface area (Å²) in [6.45, 7) is 2.81. The fourth-order valence-electron chi connectivity index (χ4n) is 2.58. The number of pyridine rings is 1. The standard InChI is InChI=1S/C20H27N3O4/c1-5-6-7-10-21-20(24)14-8-9-18(22-13-14)23-15-11-16(25-2)19(27-4)17(12-15)26-3/h8-9,11-13H,5-7,10H2,1-4H3,(H,21,24)(H,22,23). The average molecular weight is 373 g/mol. The lowest BCUT2D eigenvalue weighted by molar-refractivity contribution is 0.0952. The van der Waals surface area contributed by atoms with Crippen LogP contribution in [0.5, 0.6) is 17.2 Å². The topological polar surface area (TPSA) is 81.7 Å². The summed E-state index contributed by atoms with van der Waals surface area (Å²) in [5.74, 6) is 2.10. The third-order valence-electron chi connectivity index (χ3n) is 4.03.